The predicted octanol–water partition coefficient (Wildman–Crippen LogP) is 5.64. The Labute approximate surface area is 202 Å². The van der Waals surface area contributed by atoms with Crippen LogP contribution in [0.3, 0.4) is 0 Å². The molecular formula is C28H50O5. The zero-order valence-corrected chi connectivity index (χ0v) is 21.9. The minimum Gasteiger partial charge on any atom is -0.396 e. The van der Waals surface area contributed by atoms with Crippen LogP contribution in [-0.4, -0.2) is 51.7 Å². The first-order chi connectivity index (χ1) is 15.9. The van der Waals surface area contributed by atoms with Crippen molar-refractivity contribution in [2.45, 2.75) is 97.2 Å². The fraction of sp³-hybridized carbons (Fsp3) is 1.00. The van der Waals surface area contributed by atoms with Crippen molar-refractivity contribution in [1.29, 1.82) is 0 Å². The van der Waals surface area contributed by atoms with Crippen LogP contribution in [0, 0.1) is 46.3 Å². The van der Waals surface area contributed by atoms with Crippen LogP contribution in [0.25, 0.3) is 0 Å². The number of fused-ring (bicyclic) bond motifs is 5. The van der Waals surface area contributed by atoms with Gasteiger partial charge in [0.2, 0.25) is 0 Å². The van der Waals surface area contributed by atoms with Crippen LogP contribution in [0.15, 0.2) is 0 Å². The van der Waals surface area contributed by atoms with Gasteiger partial charge in [-0.25, -0.2) is 0 Å². The molecule has 0 aromatic rings. The van der Waals surface area contributed by atoms with Gasteiger partial charge < -0.3 is 24.1 Å². The third kappa shape index (κ3) is 4.79. The smallest absolute Gasteiger partial charge is 0.146 e. The highest BCUT2D eigenvalue weighted by atomic mass is 16.7. The van der Waals surface area contributed by atoms with E-state index in [9.17, 15) is 5.11 Å². The average Bonchev–Trinajstić information content (AvgIpc) is 3.17. The molecule has 0 aliphatic heterocycles. The number of methoxy groups -OCH3 is 2. The first-order valence-corrected chi connectivity index (χ1v) is 13.7. The van der Waals surface area contributed by atoms with E-state index in [2.05, 4.69) is 20.8 Å². The van der Waals surface area contributed by atoms with Crippen molar-refractivity contribution in [3.05, 3.63) is 0 Å². The van der Waals surface area contributed by atoms with Crippen molar-refractivity contribution in [1.82, 2.24) is 0 Å². The highest BCUT2D eigenvalue weighted by molar-refractivity contribution is 5.11. The molecule has 0 saturated heterocycles. The van der Waals surface area contributed by atoms with Crippen LogP contribution >= 0.6 is 0 Å². The number of rotatable bonds is 10. The van der Waals surface area contributed by atoms with Crippen LogP contribution in [0.1, 0.15) is 85.0 Å². The summed E-state index contributed by atoms with van der Waals surface area (Å²) in [6.45, 7) is 8.76. The summed E-state index contributed by atoms with van der Waals surface area (Å²) in [6, 6.07) is 0. The van der Waals surface area contributed by atoms with Crippen molar-refractivity contribution < 1.29 is 24.1 Å². The number of hydrogen-bond acceptors (Lipinski definition) is 5. The molecule has 0 aromatic carbocycles. The number of hydrogen-bond donors (Lipinski definition) is 1. The molecular weight excluding hydrogens is 416 g/mol. The van der Waals surface area contributed by atoms with E-state index in [-0.39, 0.29) is 12.2 Å². The van der Waals surface area contributed by atoms with E-state index in [1.54, 1.807) is 14.2 Å². The van der Waals surface area contributed by atoms with Gasteiger partial charge in [-0.3, -0.25) is 0 Å². The van der Waals surface area contributed by atoms with E-state index in [0.717, 1.165) is 42.9 Å². The van der Waals surface area contributed by atoms with Gasteiger partial charge >= 0.3 is 0 Å². The maximum absolute atomic E-state index is 9.37. The standard InChI is InChI=1S/C28H50O5/c1-19(7-6-14-29)22-8-9-23-21-16-26(33-18-31-5)25-15-20(32-17-30-4)10-12-28(25,3)24(21)11-13-27(22,23)2/h19-26,29H,6-18H2,1-5H3/t19-,20-,21+,22-,23+,24+,25+,26+,27-,28-/m1/s1. The Kier molecular flexibility index (Phi) is 8.49. The van der Waals surface area contributed by atoms with Crippen LogP contribution in [0.2, 0.25) is 0 Å². The molecule has 5 heteroatoms. The monoisotopic (exact) mass is 466 g/mol. The second-order valence-corrected chi connectivity index (χ2v) is 12.4. The van der Waals surface area contributed by atoms with Gasteiger partial charge in [0.15, 0.2) is 0 Å². The van der Waals surface area contributed by atoms with E-state index in [1.807, 2.05) is 0 Å². The fourth-order valence-electron chi connectivity index (χ4n) is 9.48. The molecule has 192 valence electrons. The Bertz CT molecular complexity index is 627. The first-order valence-electron chi connectivity index (χ1n) is 13.7. The zero-order chi connectivity index (χ0) is 23.6. The Morgan fingerprint density at radius 3 is 2.27 bits per heavy atom. The Morgan fingerprint density at radius 1 is 0.848 bits per heavy atom. The van der Waals surface area contributed by atoms with Gasteiger partial charge in [-0.15, -0.1) is 0 Å². The quantitative estimate of drug-likeness (QED) is 0.422. The molecule has 4 aliphatic carbocycles. The van der Waals surface area contributed by atoms with Gasteiger partial charge in [0.25, 0.3) is 0 Å². The maximum atomic E-state index is 9.37. The van der Waals surface area contributed by atoms with Crippen molar-refractivity contribution in [2.75, 3.05) is 34.4 Å². The highest BCUT2D eigenvalue weighted by Crippen LogP contribution is 2.68. The summed E-state index contributed by atoms with van der Waals surface area (Å²) in [5.41, 5.74) is 0.778. The lowest BCUT2D eigenvalue weighted by atomic mass is 9.43. The van der Waals surface area contributed by atoms with E-state index in [1.165, 1.54) is 44.9 Å². The summed E-state index contributed by atoms with van der Waals surface area (Å²) in [6.07, 6.45) is 12.8. The molecule has 0 amide bonds. The molecule has 33 heavy (non-hydrogen) atoms. The molecule has 5 nitrogen and oxygen atoms in total. The molecule has 0 heterocycles. The minimum atomic E-state index is 0.262. The average molecular weight is 467 g/mol. The summed E-state index contributed by atoms with van der Waals surface area (Å²) in [7, 11) is 3.45. The van der Waals surface area contributed by atoms with Crippen LogP contribution in [0.4, 0.5) is 0 Å². The van der Waals surface area contributed by atoms with Gasteiger partial charge in [-0.1, -0.05) is 20.8 Å². The molecule has 4 rings (SSSR count). The molecule has 0 radical (unpaired) electrons. The molecule has 10 atom stereocenters. The second-order valence-electron chi connectivity index (χ2n) is 12.4. The molecule has 0 bridgehead atoms. The Morgan fingerprint density at radius 2 is 1.55 bits per heavy atom. The third-order valence-corrected chi connectivity index (χ3v) is 11.0. The van der Waals surface area contributed by atoms with Gasteiger partial charge in [-0.2, -0.15) is 0 Å². The SMILES string of the molecule is COCO[C@@H]1CC[C@]2(C)[C@H]3CC[C@]4(C)[C@@H]([C@H](C)CCCO)CC[C@H]4[C@@H]3C[C@H](OCOC)[C@@H]2C1. The van der Waals surface area contributed by atoms with E-state index < -0.39 is 0 Å². The lowest BCUT2D eigenvalue weighted by molar-refractivity contribution is -0.214. The summed E-state index contributed by atoms with van der Waals surface area (Å²) in [4.78, 5) is 0. The molecule has 4 aliphatic rings. The van der Waals surface area contributed by atoms with Gasteiger partial charge in [0.1, 0.15) is 13.6 Å². The molecule has 0 unspecified atom stereocenters. The van der Waals surface area contributed by atoms with Crippen molar-refractivity contribution in [3.63, 3.8) is 0 Å². The number of aliphatic hydroxyl groups excluding tert-OH is 1. The third-order valence-electron chi connectivity index (χ3n) is 11.0. The highest BCUT2D eigenvalue weighted by Gasteiger charge is 2.62. The molecule has 0 spiro atoms. The molecule has 4 saturated carbocycles. The maximum Gasteiger partial charge on any atom is 0.146 e. The zero-order valence-electron chi connectivity index (χ0n) is 21.9. The second kappa shape index (κ2) is 10.8. The first kappa shape index (κ1) is 25.9. The van der Waals surface area contributed by atoms with Crippen LogP contribution in [-0.2, 0) is 18.9 Å². The summed E-state index contributed by atoms with van der Waals surface area (Å²) >= 11 is 0. The normalized spacial score (nSPS) is 45.8. The van der Waals surface area contributed by atoms with Crippen LogP contribution in [0.5, 0.6) is 0 Å². The molecule has 1 N–H and O–H groups in total. The molecule has 4 fully saturated rings. The number of aliphatic hydroxyl groups is 1. The summed E-state index contributed by atoms with van der Waals surface area (Å²) in [5, 5.41) is 9.37. The lowest BCUT2D eigenvalue weighted by Crippen LogP contribution is -2.59. The largest absolute Gasteiger partial charge is 0.396 e. The van der Waals surface area contributed by atoms with Crippen molar-refractivity contribution in [2.24, 2.45) is 46.3 Å². The summed E-state index contributed by atoms with van der Waals surface area (Å²) < 4.78 is 23.1. The fourth-order valence-corrected chi connectivity index (χ4v) is 9.48. The van der Waals surface area contributed by atoms with E-state index in [0.29, 0.717) is 42.9 Å². The minimum absolute atomic E-state index is 0.262. The predicted molar refractivity (Wildman–Crippen MR) is 130 cm³/mol. The van der Waals surface area contributed by atoms with Gasteiger partial charge in [-0.05, 0) is 111 Å². The van der Waals surface area contributed by atoms with Gasteiger partial charge in [0, 0.05) is 20.8 Å². The summed E-state index contributed by atoms with van der Waals surface area (Å²) in [5.74, 6) is 4.43. The van der Waals surface area contributed by atoms with E-state index in [4.69, 9.17) is 18.9 Å². The molecule has 0 aromatic heterocycles. The Balaban J connectivity index is 1.55. The lowest BCUT2D eigenvalue weighted by Gasteiger charge is -2.63. The van der Waals surface area contributed by atoms with Crippen molar-refractivity contribution >= 4 is 0 Å². The van der Waals surface area contributed by atoms with Crippen LogP contribution < -0.4 is 0 Å². The van der Waals surface area contributed by atoms with Crippen molar-refractivity contribution in [3.8, 4) is 0 Å². The van der Waals surface area contributed by atoms with Gasteiger partial charge in [0.05, 0.1) is 12.2 Å². The van der Waals surface area contributed by atoms with E-state index >= 15 is 0 Å². The Hall–Kier alpha value is -0.200. The number of ether oxygens (including phenoxy) is 4. The topological polar surface area (TPSA) is 57.2 Å².